The fourth-order valence-corrected chi connectivity index (χ4v) is 1.40. The van der Waals surface area contributed by atoms with Crippen LogP contribution in [-0.4, -0.2) is 56.6 Å². The van der Waals surface area contributed by atoms with Gasteiger partial charge >= 0.3 is 5.97 Å². The van der Waals surface area contributed by atoms with Gasteiger partial charge in [-0.1, -0.05) is 6.92 Å². The Morgan fingerprint density at radius 2 is 1.83 bits per heavy atom. The van der Waals surface area contributed by atoms with Gasteiger partial charge in [0.15, 0.2) is 5.78 Å². The van der Waals surface area contributed by atoms with Gasteiger partial charge in [-0.15, -0.1) is 0 Å². The summed E-state index contributed by atoms with van der Waals surface area (Å²) in [5, 5.41) is 0. The summed E-state index contributed by atoms with van der Waals surface area (Å²) in [7, 11) is 1.62. The predicted octanol–water partition coefficient (Wildman–Crippen LogP) is 1.11. The first-order valence-corrected chi connectivity index (χ1v) is 6.31. The maximum atomic E-state index is 12.1. The quantitative estimate of drug-likeness (QED) is 0.458. The topological polar surface area (TPSA) is 55.8 Å². The molecule has 0 aliphatic carbocycles. The van der Waals surface area contributed by atoms with Crippen LogP contribution in [0, 0.1) is 5.41 Å². The second-order valence-electron chi connectivity index (χ2n) is 4.63. The third-order valence-corrected chi connectivity index (χ3v) is 2.91. The van der Waals surface area contributed by atoms with Crippen molar-refractivity contribution in [2.75, 3.05) is 40.0 Å². The molecule has 0 unspecified atom stereocenters. The van der Waals surface area contributed by atoms with Crippen molar-refractivity contribution < 1.29 is 19.1 Å². The number of hydrogen-bond donors (Lipinski definition) is 0. The number of carbonyl (C=O) groups is 2. The van der Waals surface area contributed by atoms with Crippen molar-refractivity contribution >= 4 is 11.8 Å². The van der Waals surface area contributed by atoms with E-state index < -0.39 is 11.4 Å². The van der Waals surface area contributed by atoms with Gasteiger partial charge in [-0.25, -0.2) is 0 Å². The summed E-state index contributed by atoms with van der Waals surface area (Å²) < 4.78 is 9.90. The van der Waals surface area contributed by atoms with Crippen LogP contribution >= 0.6 is 0 Å². The molecule has 0 radical (unpaired) electrons. The van der Waals surface area contributed by atoms with Crippen LogP contribution in [0.5, 0.6) is 0 Å². The van der Waals surface area contributed by atoms with E-state index in [2.05, 4.69) is 0 Å². The molecule has 0 saturated heterocycles. The van der Waals surface area contributed by atoms with E-state index >= 15 is 0 Å². The van der Waals surface area contributed by atoms with E-state index in [1.165, 1.54) is 0 Å². The summed E-state index contributed by atoms with van der Waals surface area (Å²) in [6.45, 7) is 9.44. The van der Waals surface area contributed by atoms with Crippen LogP contribution in [0.1, 0.15) is 27.7 Å². The molecule has 5 nitrogen and oxygen atoms in total. The number of hydrogen-bond acceptors (Lipinski definition) is 5. The highest BCUT2D eigenvalue weighted by Crippen LogP contribution is 2.19. The van der Waals surface area contributed by atoms with E-state index in [1.807, 2.05) is 11.8 Å². The molecule has 0 saturated carbocycles. The molecule has 0 spiro atoms. The minimum atomic E-state index is -1.09. The standard InChI is InChI=1S/C13H25NO4/c1-6-14(8-9-17-5)10-11(15)13(3,4)12(16)18-7-2/h6-10H2,1-5H3. The van der Waals surface area contributed by atoms with Gasteiger partial charge in [0.1, 0.15) is 5.41 Å². The highest BCUT2D eigenvalue weighted by atomic mass is 16.5. The van der Waals surface area contributed by atoms with Crippen molar-refractivity contribution in [2.24, 2.45) is 5.41 Å². The van der Waals surface area contributed by atoms with Gasteiger partial charge in [-0.3, -0.25) is 14.5 Å². The summed E-state index contributed by atoms with van der Waals surface area (Å²) in [4.78, 5) is 25.8. The average molecular weight is 259 g/mol. The molecule has 0 atom stereocenters. The van der Waals surface area contributed by atoms with Crippen LogP contribution in [0.2, 0.25) is 0 Å². The summed E-state index contributed by atoms with van der Waals surface area (Å²) in [5.41, 5.74) is -1.09. The maximum absolute atomic E-state index is 12.1. The lowest BCUT2D eigenvalue weighted by Gasteiger charge is -2.25. The van der Waals surface area contributed by atoms with Gasteiger partial charge < -0.3 is 9.47 Å². The maximum Gasteiger partial charge on any atom is 0.319 e. The number of ether oxygens (including phenoxy) is 2. The van der Waals surface area contributed by atoms with E-state index in [0.29, 0.717) is 13.2 Å². The fraction of sp³-hybridized carbons (Fsp3) is 0.846. The molecule has 0 amide bonds. The molecular formula is C13H25NO4. The van der Waals surface area contributed by atoms with Crippen LogP contribution in [0.25, 0.3) is 0 Å². The summed E-state index contributed by atoms with van der Waals surface area (Å²) in [6.07, 6.45) is 0. The molecule has 0 aromatic carbocycles. The second-order valence-corrected chi connectivity index (χ2v) is 4.63. The number of likely N-dealkylation sites (N-methyl/N-ethyl adjacent to an activating group) is 1. The molecule has 0 fully saturated rings. The number of esters is 1. The Balaban J connectivity index is 4.47. The van der Waals surface area contributed by atoms with Crippen molar-refractivity contribution in [1.29, 1.82) is 0 Å². The lowest BCUT2D eigenvalue weighted by atomic mass is 9.88. The van der Waals surface area contributed by atoms with Crippen LogP contribution in [-0.2, 0) is 19.1 Å². The van der Waals surface area contributed by atoms with E-state index in [-0.39, 0.29) is 18.9 Å². The Kier molecular flexibility index (Phi) is 7.78. The smallest absolute Gasteiger partial charge is 0.319 e. The first kappa shape index (κ1) is 17.1. The molecule has 0 rings (SSSR count). The van der Waals surface area contributed by atoms with Gasteiger partial charge in [0.05, 0.1) is 19.8 Å². The zero-order chi connectivity index (χ0) is 14.2. The third kappa shape index (κ3) is 5.14. The molecule has 106 valence electrons. The first-order chi connectivity index (χ1) is 8.39. The number of carbonyl (C=O) groups excluding carboxylic acids is 2. The SMILES string of the molecule is CCOC(=O)C(C)(C)C(=O)CN(CC)CCOC. The van der Waals surface area contributed by atoms with Crippen LogP contribution in [0.3, 0.4) is 0 Å². The second kappa shape index (κ2) is 8.21. The Morgan fingerprint density at radius 3 is 2.28 bits per heavy atom. The monoisotopic (exact) mass is 259 g/mol. The largest absolute Gasteiger partial charge is 0.465 e. The Morgan fingerprint density at radius 1 is 1.22 bits per heavy atom. The van der Waals surface area contributed by atoms with E-state index in [0.717, 1.165) is 6.54 Å². The normalized spacial score (nSPS) is 11.7. The molecule has 0 heterocycles. The first-order valence-electron chi connectivity index (χ1n) is 6.31. The zero-order valence-electron chi connectivity index (χ0n) is 12.1. The number of ketones is 1. The van der Waals surface area contributed by atoms with Crippen LogP contribution in [0.4, 0.5) is 0 Å². The minimum Gasteiger partial charge on any atom is -0.465 e. The highest BCUT2D eigenvalue weighted by molar-refractivity contribution is 6.03. The molecule has 0 aromatic rings. The van der Waals surface area contributed by atoms with E-state index in [9.17, 15) is 9.59 Å². The lowest BCUT2D eigenvalue weighted by molar-refractivity contribution is -0.158. The molecule has 0 aliphatic rings. The van der Waals surface area contributed by atoms with Crippen molar-refractivity contribution in [3.63, 3.8) is 0 Å². The van der Waals surface area contributed by atoms with Gasteiger partial charge in [-0.05, 0) is 27.3 Å². The van der Waals surface area contributed by atoms with Crippen molar-refractivity contribution in [3.8, 4) is 0 Å². The minimum absolute atomic E-state index is 0.126. The Hall–Kier alpha value is -0.940. The van der Waals surface area contributed by atoms with E-state index in [1.54, 1.807) is 27.9 Å². The summed E-state index contributed by atoms with van der Waals surface area (Å²) in [5.74, 6) is -0.586. The van der Waals surface area contributed by atoms with Crippen molar-refractivity contribution in [3.05, 3.63) is 0 Å². The Bertz CT molecular complexity index is 276. The molecule has 18 heavy (non-hydrogen) atoms. The number of methoxy groups -OCH3 is 1. The molecular weight excluding hydrogens is 234 g/mol. The lowest BCUT2D eigenvalue weighted by Crippen LogP contribution is -2.43. The third-order valence-electron chi connectivity index (χ3n) is 2.91. The fourth-order valence-electron chi connectivity index (χ4n) is 1.40. The summed E-state index contributed by atoms with van der Waals surface area (Å²) >= 11 is 0. The van der Waals surface area contributed by atoms with Crippen molar-refractivity contribution in [2.45, 2.75) is 27.7 Å². The number of nitrogens with zero attached hydrogens (tertiary/aromatic N) is 1. The molecule has 5 heteroatoms. The highest BCUT2D eigenvalue weighted by Gasteiger charge is 2.37. The van der Waals surface area contributed by atoms with E-state index in [4.69, 9.17) is 9.47 Å². The van der Waals surface area contributed by atoms with Gasteiger partial charge in [0.2, 0.25) is 0 Å². The van der Waals surface area contributed by atoms with Gasteiger partial charge in [0.25, 0.3) is 0 Å². The van der Waals surface area contributed by atoms with Crippen LogP contribution < -0.4 is 0 Å². The van der Waals surface area contributed by atoms with Gasteiger partial charge in [0, 0.05) is 13.7 Å². The Labute approximate surface area is 109 Å². The van der Waals surface area contributed by atoms with Gasteiger partial charge in [-0.2, -0.15) is 0 Å². The molecule has 0 aromatic heterocycles. The summed E-state index contributed by atoms with van der Waals surface area (Å²) in [6, 6.07) is 0. The average Bonchev–Trinajstić information content (AvgIpc) is 2.34. The molecule has 0 bridgehead atoms. The zero-order valence-corrected chi connectivity index (χ0v) is 12.1. The number of Topliss-reactive ketones (excluding diaryl/α,β-unsaturated/α-hetero) is 1. The predicted molar refractivity (Wildman–Crippen MR) is 69.4 cm³/mol. The van der Waals surface area contributed by atoms with Crippen molar-refractivity contribution in [1.82, 2.24) is 4.90 Å². The van der Waals surface area contributed by atoms with Crippen LogP contribution in [0.15, 0.2) is 0 Å². The molecule has 0 aliphatic heterocycles. The number of rotatable bonds is 9. The molecule has 0 N–H and O–H groups in total.